The molecule has 1 aliphatic heterocycles. The Labute approximate surface area is 98.0 Å². The van der Waals surface area contributed by atoms with E-state index in [1.165, 1.54) is 12.1 Å². The number of carbonyl (C=O) groups excluding carboxylic acids is 1. The van der Waals surface area contributed by atoms with Crippen molar-refractivity contribution in [2.24, 2.45) is 5.92 Å². The third-order valence-corrected chi connectivity index (χ3v) is 2.89. The van der Waals surface area contributed by atoms with Crippen molar-refractivity contribution in [1.29, 1.82) is 0 Å². The van der Waals surface area contributed by atoms with Gasteiger partial charge in [-0.15, -0.1) is 0 Å². The molecular formula is C11H12ClFN2O. The zero-order valence-corrected chi connectivity index (χ0v) is 9.35. The Balaban J connectivity index is 1.89. The summed E-state index contributed by atoms with van der Waals surface area (Å²) in [6, 6.07) is 4.44. The first-order chi connectivity index (χ1) is 7.66. The van der Waals surface area contributed by atoms with Crippen molar-refractivity contribution >= 4 is 17.5 Å². The quantitative estimate of drug-likeness (QED) is 0.839. The van der Waals surface area contributed by atoms with Crippen LogP contribution >= 0.6 is 11.6 Å². The molecule has 5 heteroatoms. The van der Waals surface area contributed by atoms with Crippen LogP contribution in [0.15, 0.2) is 18.2 Å². The van der Waals surface area contributed by atoms with Gasteiger partial charge in [-0.05, 0) is 17.7 Å². The Kier molecular flexibility index (Phi) is 3.41. The molecule has 0 atom stereocenters. The number of nitrogens with one attached hydrogen (secondary N) is 2. The zero-order chi connectivity index (χ0) is 11.5. The maximum Gasteiger partial charge on any atom is 0.225 e. The lowest BCUT2D eigenvalue weighted by Gasteiger charge is -2.25. The Morgan fingerprint density at radius 1 is 1.56 bits per heavy atom. The molecule has 1 amide bonds. The predicted octanol–water partition coefficient (Wildman–Crippen LogP) is 1.31. The smallest absolute Gasteiger partial charge is 0.225 e. The summed E-state index contributed by atoms with van der Waals surface area (Å²) in [5, 5.41) is 5.89. The molecule has 0 bridgehead atoms. The minimum absolute atomic E-state index is 0.0270. The third-order valence-electron chi connectivity index (χ3n) is 2.60. The fourth-order valence-electron chi connectivity index (χ4n) is 1.46. The molecule has 16 heavy (non-hydrogen) atoms. The monoisotopic (exact) mass is 242 g/mol. The highest BCUT2D eigenvalue weighted by molar-refractivity contribution is 6.30. The maximum atomic E-state index is 12.9. The Bertz CT molecular complexity index is 407. The molecule has 0 radical (unpaired) electrons. The molecule has 0 unspecified atom stereocenters. The number of halogens is 2. The molecule has 1 heterocycles. The van der Waals surface area contributed by atoms with Crippen LogP contribution in [0.25, 0.3) is 0 Å². The number of rotatable bonds is 3. The van der Waals surface area contributed by atoms with Crippen LogP contribution in [0, 0.1) is 11.7 Å². The standard InChI is InChI=1S/C11H12ClFN2O/c12-9-3-7(1-2-10(9)13)4-15-11(16)8-5-14-6-8/h1-3,8,14H,4-6H2,(H,15,16). The molecule has 1 aromatic carbocycles. The van der Waals surface area contributed by atoms with Gasteiger partial charge in [-0.2, -0.15) is 0 Å². The summed E-state index contributed by atoms with van der Waals surface area (Å²) >= 11 is 5.63. The molecule has 1 aromatic rings. The summed E-state index contributed by atoms with van der Waals surface area (Å²) in [6.45, 7) is 1.85. The largest absolute Gasteiger partial charge is 0.352 e. The summed E-state index contributed by atoms with van der Waals surface area (Å²) in [6.07, 6.45) is 0. The lowest BCUT2D eigenvalue weighted by atomic mass is 10.0. The lowest BCUT2D eigenvalue weighted by Crippen LogP contribution is -2.50. The SMILES string of the molecule is O=C(NCc1ccc(F)c(Cl)c1)C1CNC1. The van der Waals surface area contributed by atoms with Crippen LogP contribution in [-0.4, -0.2) is 19.0 Å². The van der Waals surface area contributed by atoms with Crippen molar-refractivity contribution in [2.45, 2.75) is 6.54 Å². The normalized spacial score (nSPS) is 15.6. The zero-order valence-electron chi connectivity index (χ0n) is 8.59. The fraction of sp³-hybridized carbons (Fsp3) is 0.364. The van der Waals surface area contributed by atoms with Gasteiger partial charge in [0.25, 0.3) is 0 Å². The van der Waals surface area contributed by atoms with Gasteiger partial charge in [0.1, 0.15) is 5.82 Å². The van der Waals surface area contributed by atoms with Crippen molar-refractivity contribution in [3.63, 3.8) is 0 Å². The second kappa shape index (κ2) is 4.80. The van der Waals surface area contributed by atoms with E-state index >= 15 is 0 Å². The van der Waals surface area contributed by atoms with Gasteiger partial charge in [0.2, 0.25) is 5.91 Å². The Morgan fingerprint density at radius 3 is 2.88 bits per heavy atom. The fourth-order valence-corrected chi connectivity index (χ4v) is 1.66. The van der Waals surface area contributed by atoms with E-state index in [1.54, 1.807) is 6.07 Å². The molecule has 0 aliphatic carbocycles. The molecule has 0 aromatic heterocycles. The first-order valence-electron chi connectivity index (χ1n) is 5.09. The van der Waals surface area contributed by atoms with Gasteiger partial charge in [0.15, 0.2) is 0 Å². The van der Waals surface area contributed by atoms with Crippen LogP contribution in [0.3, 0.4) is 0 Å². The number of benzene rings is 1. The molecule has 2 N–H and O–H groups in total. The predicted molar refractivity (Wildman–Crippen MR) is 59.6 cm³/mol. The van der Waals surface area contributed by atoms with Gasteiger partial charge in [-0.3, -0.25) is 4.79 Å². The minimum atomic E-state index is -0.445. The lowest BCUT2D eigenvalue weighted by molar-refractivity contribution is -0.126. The van der Waals surface area contributed by atoms with Crippen LogP contribution in [0.5, 0.6) is 0 Å². The van der Waals surface area contributed by atoms with Gasteiger partial charge in [-0.25, -0.2) is 4.39 Å². The Hall–Kier alpha value is -1.13. The highest BCUT2D eigenvalue weighted by atomic mass is 35.5. The molecule has 1 saturated heterocycles. The summed E-state index contributed by atoms with van der Waals surface area (Å²) < 4.78 is 12.9. The van der Waals surface area contributed by atoms with E-state index in [0.29, 0.717) is 6.54 Å². The van der Waals surface area contributed by atoms with Gasteiger partial charge in [0.05, 0.1) is 10.9 Å². The Morgan fingerprint density at radius 2 is 2.31 bits per heavy atom. The van der Waals surface area contributed by atoms with Gasteiger partial charge in [-0.1, -0.05) is 17.7 Å². The first-order valence-corrected chi connectivity index (χ1v) is 5.47. The average molecular weight is 243 g/mol. The topological polar surface area (TPSA) is 41.1 Å². The molecule has 1 fully saturated rings. The van der Waals surface area contributed by atoms with Gasteiger partial charge in [0, 0.05) is 19.6 Å². The number of amides is 1. The van der Waals surface area contributed by atoms with Gasteiger partial charge < -0.3 is 10.6 Å². The summed E-state index contributed by atoms with van der Waals surface area (Å²) in [4.78, 5) is 11.5. The highest BCUT2D eigenvalue weighted by Gasteiger charge is 2.24. The number of hydrogen-bond acceptors (Lipinski definition) is 2. The molecule has 86 valence electrons. The molecule has 3 nitrogen and oxygen atoms in total. The van der Waals surface area contributed by atoms with E-state index in [9.17, 15) is 9.18 Å². The second-order valence-electron chi connectivity index (χ2n) is 3.82. The molecule has 0 spiro atoms. The van der Waals surface area contributed by atoms with Crippen LogP contribution < -0.4 is 10.6 Å². The van der Waals surface area contributed by atoms with E-state index in [1.807, 2.05) is 0 Å². The summed E-state index contributed by atoms with van der Waals surface area (Å²) in [7, 11) is 0. The van der Waals surface area contributed by atoms with Crippen molar-refractivity contribution in [3.8, 4) is 0 Å². The van der Waals surface area contributed by atoms with Crippen molar-refractivity contribution in [3.05, 3.63) is 34.6 Å². The minimum Gasteiger partial charge on any atom is -0.352 e. The number of hydrogen-bond donors (Lipinski definition) is 2. The van der Waals surface area contributed by atoms with E-state index in [0.717, 1.165) is 18.7 Å². The van der Waals surface area contributed by atoms with Crippen molar-refractivity contribution < 1.29 is 9.18 Å². The second-order valence-corrected chi connectivity index (χ2v) is 4.23. The van der Waals surface area contributed by atoms with Crippen LogP contribution in [0.1, 0.15) is 5.56 Å². The summed E-state index contributed by atoms with van der Waals surface area (Å²) in [5.74, 6) is -0.352. The van der Waals surface area contributed by atoms with E-state index in [2.05, 4.69) is 10.6 Å². The van der Waals surface area contributed by atoms with Crippen LogP contribution in [0.4, 0.5) is 4.39 Å². The molecule has 0 saturated carbocycles. The molecular weight excluding hydrogens is 231 g/mol. The van der Waals surface area contributed by atoms with Crippen molar-refractivity contribution in [2.75, 3.05) is 13.1 Å². The maximum absolute atomic E-state index is 12.9. The molecule has 1 aliphatic rings. The first kappa shape index (κ1) is 11.4. The van der Waals surface area contributed by atoms with E-state index < -0.39 is 5.82 Å². The van der Waals surface area contributed by atoms with Crippen LogP contribution in [0.2, 0.25) is 5.02 Å². The number of carbonyl (C=O) groups is 1. The van der Waals surface area contributed by atoms with Crippen molar-refractivity contribution in [1.82, 2.24) is 10.6 Å². The van der Waals surface area contributed by atoms with Crippen LogP contribution in [-0.2, 0) is 11.3 Å². The average Bonchev–Trinajstić information content (AvgIpc) is 2.17. The van der Waals surface area contributed by atoms with E-state index in [-0.39, 0.29) is 16.8 Å². The highest BCUT2D eigenvalue weighted by Crippen LogP contribution is 2.16. The van der Waals surface area contributed by atoms with E-state index in [4.69, 9.17) is 11.6 Å². The van der Waals surface area contributed by atoms with Gasteiger partial charge >= 0.3 is 0 Å². The molecule has 2 rings (SSSR count). The summed E-state index contributed by atoms with van der Waals surface area (Å²) in [5.41, 5.74) is 0.798. The third kappa shape index (κ3) is 2.51.